The molecule has 3 aromatic rings. The van der Waals surface area contributed by atoms with Gasteiger partial charge in [-0.3, -0.25) is 9.78 Å². The second-order valence-electron chi connectivity index (χ2n) is 9.35. The summed E-state index contributed by atoms with van der Waals surface area (Å²) in [7, 11) is 0. The first-order valence-electron chi connectivity index (χ1n) is 10.9. The van der Waals surface area contributed by atoms with Crippen molar-refractivity contribution in [3.8, 4) is 17.5 Å². The lowest BCUT2D eigenvalue weighted by Gasteiger charge is -2.23. The molecule has 0 spiro atoms. The number of pyridine rings is 1. The van der Waals surface area contributed by atoms with Gasteiger partial charge >= 0.3 is 0 Å². The highest BCUT2D eigenvalue weighted by Crippen LogP contribution is 2.26. The van der Waals surface area contributed by atoms with Gasteiger partial charge in [-0.15, -0.1) is 0 Å². The number of anilines is 1. The lowest BCUT2D eigenvalue weighted by Crippen LogP contribution is -2.42. The van der Waals surface area contributed by atoms with Crippen molar-refractivity contribution in [1.29, 1.82) is 5.26 Å². The van der Waals surface area contributed by atoms with Gasteiger partial charge in [-0.05, 0) is 58.4 Å². The zero-order valence-electron chi connectivity index (χ0n) is 19.6. The highest BCUT2D eigenvalue weighted by molar-refractivity contribution is 6.00. The zero-order chi connectivity index (χ0) is 25.1. The fourth-order valence-electron chi connectivity index (χ4n) is 3.21. The SMILES string of the molecule is CC(C)(O)CCNc1cc(-c2ccc3cc(C#N)cnn23)ncc1C(=O)NC[C@@H](F)C(C)(C)O. The Hall–Kier alpha value is -3.55. The number of nitriles is 1. The summed E-state index contributed by atoms with van der Waals surface area (Å²) >= 11 is 0. The average molecular weight is 469 g/mol. The molecule has 180 valence electrons. The fraction of sp³-hybridized carbons (Fsp3) is 0.417. The number of nitrogens with one attached hydrogen (secondary N) is 2. The summed E-state index contributed by atoms with van der Waals surface area (Å²) in [5, 5.41) is 38.9. The smallest absolute Gasteiger partial charge is 0.255 e. The first kappa shape index (κ1) is 25.1. The summed E-state index contributed by atoms with van der Waals surface area (Å²) < 4.78 is 15.8. The van der Waals surface area contributed by atoms with Gasteiger partial charge in [0.1, 0.15) is 12.2 Å². The van der Waals surface area contributed by atoms with E-state index in [4.69, 9.17) is 5.26 Å². The van der Waals surface area contributed by atoms with Crippen LogP contribution in [0.3, 0.4) is 0 Å². The van der Waals surface area contributed by atoms with Crippen LogP contribution in [0.4, 0.5) is 10.1 Å². The molecule has 0 saturated carbocycles. The van der Waals surface area contributed by atoms with Crippen LogP contribution in [0.15, 0.2) is 36.7 Å². The molecule has 0 radical (unpaired) electrons. The number of fused-ring (bicyclic) bond motifs is 1. The second-order valence-corrected chi connectivity index (χ2v) is 9.35. The van der Waals surface area contributed by atoms with Crippen molar-refractivity contribution in [3.63, 3.8) is 0 Å². The normalized spacial score (nSPS) is 12.9. The maximum Gasteiger partial charge on any atom is 0.255 e. The van der Waals surface area contributed by atoms with Crippen LogP contribution in [-0.2, 0) is 0 Å². The topological polar surface area (TPSA) is 136 Å². The molecule has 34 heavy (non-hydrogen) atoms. The predicted molar refractivity (Wildman–Crippen MR) is 126 cm³/mol. The monoisotopic (exact) mass is 468 g/mol. The zero-order valence-corrected chi connectivity index (χ0v) is 19.6. The Morgan fingerprint density at radius 1 is 1.24 bits per heavy atom. The van der Waals surface area contributed by atoms with E-state index < -0.39 is 23.3 Å². The largest absolute Gasteiger partial charge is 0.390 e. The molecular weight excluding hydrogens is 439 g/mol. The first-order chi connectivity index (χ1) is 15.9. The van der Waals surface area contributed by atoms with Gasteiger partial charge in [-0.1, -0.05) is 0 Å². The van der Waals surface area contributed by atoms with E-state index in [2.05, 4.69) is 26.8 Å². The van der Waals surface area contributed by atoms with Gasteiger partial charge in [0.2, 0.25) is 0 Å². The molecule has 3 heterocycles. The standard InChI is InChI=1S/C24H29FN6O3/c1-23(2,33)7-8-27-18-10-19(20-6-5-16-9-15(11-26)12-30-31(16)20)28-13-17(18)22(32)29-14-21(25)24(3,4)34/h5-6,9-10,12-13,21,33-34H,7-8,14H2,1-4H3,(H,27,28)(H,29,32)/t21-/m1/s1. The summed E-state index contributed by atoms with van der Waals surface area (Å²) in [5.74, 6) is -0.548. The molecule has 1 atom stereocenters. The summed E-state index contributed by atoms with van der Waals surface area (Å²) in [6.07, 6.45) is 1.62. The average Bonchev–Trinajstić information content (AvgIpc) is 3.18. The fourth-order valence-corrected chi connectivity index (χ4v) is 3.21. The molecule has 0 aliphatic heterocycles. The van der Waals surface area contributed by atoms with Crippen molar-refractivity contribution >= 4 is 17.1 Å². The molecule has 0 bridgehead atoms. The van der Waals surface area contributed by atoms with Crippen molar-refractivity contribution in [1.82, 2.24) is 19.9 Å². The Bertz CT molecular complexity index is 1220. The highest BCUT2D eigenvalue weighted by Gasteiger charge is 2.27. The number of aromatic nitrogens is 3. The summed E-state index contributed by atoms with van der Waals surface area (Å²) in [6.45, 7) is 6.06. The van der Waals surface area contributed by atoms with Gasteiger partial charge in [0.25, 0.3) is 5.91 Å². The van der Waals surface area contributed by atoms with Gasteiger partial charge in [-0.25, -0.2) is 8.91 Å². The molecule has 0 aliphatic rings. The molecular formula is C24H29FN6O3. The molecule has 3 rings (SSSR count). The molecule has 9 nitrogen and oxygen atoms in total. The first-order valence-corrected chi connectivity index (χ1v) is 10.9. The van der Waals surface area contributed by atoms with Crippen LogP contribution in [-0.4, -0.2) is 61.2 Å². The molecule has 10 heteroatoms. The predicted octanol–water partition coefficient (Wildman–Crippen LogP) is 2.68. The van der Waals surface area contributed by atoms with E-state index in [1.54, 1.807) is 30.5 Å². The minimum absolute atomic E-state index is 0.197. The van der Waals surface area contributed by atoms with Crippen molar-refractivity contribution < 1.29 is 19.4 Å². The van der Waals surface area contributed by atoms with E-state index in [1.807, 2.05) is 12.1 Å². The molecule has 3 aromatic heterocycles. The lowest BCUT2D eigenvalue weighted by molar-refractivity contribution is -0.00177. The number of halogens is 1. The lowest BCUT2D eigenvalue weighted by atomic mass is 10.0. The Kier molecular flexibility index (Phi) is 7.19. The van der Waals surface area contributed by atoms with Crippen molar-refractivity contribution in [3.05, 3.63) is 47.8 Å². The summed E-state index contributed by atoms with van der Waals surface area (Å²) in [6, 6.07) is 9.06. The number of rotatable bonds is 9. The van der Waals surface area contributed by atoms with Crippen molar-refractivity contribution in [2.45, 2.75) is 51.5 Å². The van der Waals surface area contributed by atoms with E-state index in [1.165, 1.54) is 26.2 Å². The molecule has 0 aliphatic carbocycles. The Morgan fingerprint density at radius 3 is 2.62 bits per heavy atom. The van der Waals surface area contributed by atoms with E-state index in [0.29, 0.717) is 35.6 Å². The van der Waals surface area contributed by atoms with Gasteiger partial charge in [0.15, 0.2) is 0 Å². The van der Waals surface area contributed by atoms with Gasteiger partial charge < -0.3 is 20.8 Å². The molecule has 4 N–H and O–H groups in total. The van der Waals surface area contributed by atoms with Crippen LogP contribution in [0.5, 0.6) is 0 Å². The van der Waals surface area contributed by atoms with E-state index in [9.17, 15) is 19.4 Å². The van der Waals surface area contributed by atoms with Gasteiger partial charge in [0, 0.05) is 12.7 Å². The summed E-state index contributed by atoms with van der Waals surface area (Å²) in [5.41, 5.74) is 0.495. The number of nitrogens with zero attached hydrogens (tertiary/aromatic N) is 4. The third-order valence-electron chi connectivity index (χ3n) is 5.30. The number of carbonyl (C=O) groups is 1. The Labute approximate surface area is 197 Å². The molecule has 1 amide bonds. The van der Waals surface area contributed by atoms with Crippen LogP contribution in [0, 0.1) is 11.3 Å². The highest BCUT2D eigenvalue weighted by atomic mass is 19.1. The Morgan fingerprint density at radius 2 is 1.97 bits per heavy atom. The number of carbonyl (C=O) groups excluding carboxylic acids is 1. The van der Waals surface area contributed by atoms with Gasteiger partial charge in [0.05, 0.1) is 57.7 Å². The Balaban J connectivity index is 1.92. The van der Waals surface area contributed by atoms with Crippen molar-refractivity contribution in [2.75, 3.05) is 18.4 Å². The van der Waals surface area contributed by atoms with Crippen molar-refractivity contribution in [2.24, 2.45) is 0 Å². The maximum atomic E-state index is 14.1. The molecule has 0 saturated heterocycles. The van der Waals surface area contributed by atoms with Crippen LogP contribution >= 0.6 is 0 Å². The summed E-state index contributed by atoms with van der Waals surface area (Å²) in [4.78, 5) is 17.2. The minimum Gasteiger partial charge on any atom is -0.390 e. The maximum absolute atomic E-state index is 14.1. The van der Waals surface area contributed by atoms with E-state index in [0.717, 1.165) is 5.52 Å². The third kappa shape index (κ3) is 6.07. The quantitative estimate of drug-likeness (QED) is 0.379. The molecule has 0 unspecified atom stereocenters. The number of hydrogen-bond donors (Lipinski definition) is 4. The number of alkyl halides is 1. The minimum atomic E-state index is -1.65. The van der Waals surface area contributed by atoms with Crippen LogP contribution in [0.2, 0.25) is 0 Å². The third-order valence-corrected chi connectivity index (χ3v) is 5.30. The number of aliphatic hydroxyl groups is 2. The van der Waals surface area contributed by atoms with Gasteiger partial charge in [-0.2, -0.15) is 10.4 Å². The van der Waals surface area contributed by atoms with Crippen LogP contribution in [0.1, 0.15) is 50.0 Å². The second kappa shape index (κ2) is 9.75. The number of amides is 1. The molecule has 0 aromatic carbocycles. The van der Waals surface area contributed by atoms with Crippen LogP contribution in [0.25, 0.3) is 16.9 Å². The molecule has 0 fully saturated rings. The van der Waals surface area contributed by atoms with E-state index >= 15 is 0 Å². The van der Waals surface area contributed by atoms with Crippen LogP contribution < -0.4 is 10.6 Å². The number of hydrogen-bond acceptors (Lipinski definition) is 7. The van der Waals surface area contributed by atoms with E-state index in [-0.39, 0.29) is 12.1 Å².